The molecule has 1 heteroatoms. The van der Waals surface area contributed by atoms with Crippen LogP contribution in [0.4, 0.5) is 0 Å². The van der Waals surface area contributed by atoms with Crippen LogP contribution in [0, 0.1) is 0 Å². The highest BCUT2D eigenvalue weighted by Gasteiger charge is 2.12. The van der Waals surface area contributed by atoms with Gasteiger partial charge in [-0.25, -0.2) is 5.11 Å². The van der Waals surface area contributed by atoms with E-state index < -0.39 is 6.10 Å². The van der Waals surface area contributed by atoms with E-state index in [2.05, 4.69) is 32.0 Å². The third-order valence-corrected chi connectivity index (χ3v) is 3.54. The largest absolute Gasteiger partial charge is 0.228 e. The Bertz CT molecular complexity index is 343. The molecule has 1 atom stereocenters. The third-order valence-electron chi connectivity index (χ3n) is 3.54. The van der Waals surface area contributed by atoms with Crippen LogP contribution in [0.3, 0.4) is 0 Å². The number of aryl methyl sites for hydroxylation is 2. The zero-order valence-corrected chi connectivity index (χ0v) is 12.2. The molecule has 101 valence electrons. The molecule has 0 aromatic heterocycles. The first-order valence-corrected chi connectivity index (χ1v) is 7.50. The van der Waals surface area contributed by atoms with Crippen molar-refractivity contribution in [1.29, 1.82) is 0 Å². The highest BCUT2D eigenvalue weighted by molar-refractivity contribution is 5.34. The zero-order chi connectivity index (χ0) is 13.4. The second-order valence-corrected chi connectivity index (χ2v) is 5.14. The van der Waals surface area contributed by atoms with E-state index >= 15 is 0 Å². The predicted molar refractivity (Wildman–Crippen MR) is 77.4 cm³/mol. The summed E-state index contributed by atoms with van der Waals surface area (Å²) < 4.78 is 0. The summed E-state index contributed by atoms with van der Waals surface area (Å²) in [7, 11) is 0. The Hall–Kier alpha value is -0.820. The first kappa shape index (κ1) is 15.2. The maximum absolute atomic E-state index is 12.0. The average molecular weight is 247 g/mol. The van der Waals surface area contributed by atoms with Gasteiger partial charge in [-0.2, -0.15) is 0 Å². The summed E-state index contributed by atoms with van der Waals surface area (Å²) in [6.45, 7) is 6.40. The minimum atomic E-state index is -0.544. The van der Waals surface area contributed by atoms with Crippen LogP contribution in [-0.4, -0.2) is 0 Å². The summed E-state index contributed by atoms with van der Waals surface area (Å²) in [6.07, 6.45) is 7.18. The Morgan fingerprint density at radius 2 is 1.67 bits per heavy atom. The predicted octanol–water partition coefficient (Wildman–Crippen LogP) is 5.25. The Kier molecular flexibility index (Phi) is 7.04. The zero-order valence-electron chi connectivity index (χ0n) is 12.2. The molecule has 0 amide bonds. The summed E-state index contributed by atoms with van der Waals surface area (Å²) in [4.78, 5) is 0. The van der Waals surface area contributed by atoms with Crippen LogP contribution in [0.2, 0.25) is 0 Å². The maximum atomic E-state index is 12.0. The summed E-state index contributed by atoms with van der Waals surface area (Å²) in [6, 6.07) is 6.51. The lowest BCUT2D eigenvalue weighted by Gasteiger charge is -2.14. The first-order valence-electron chi connectivity index (χ1n) is 7.50. The van der Waals surface area contributed by atoms with E-state index in [0.29, 0.717) is 6.42 Å². The van der Waals surface area contributed by atoms with Gasteiger partial charge in [-0.15, -0.1) is 0 Å². The Balaban J connectivity index is 2.88. The maximum Gasteiger partial charge on any atom is 0.118 e. The summed E-state index contributed by atoms with van der Waals surface area (Å²) in [5.41, 5.74) is 3.73. The van der Waals surface area contributed by atoms with Gasteiger partial charge in [-0.05, 0) is 48.8 Å². The van der Waals surface area contributed by atoms with E-state index in [1.54, 1.807) is 0 Å². The third kappa shape index (κ3) is 4.45. The van der Waals surface area contributed by atoms with E-state index in [-0.39, 0.29) is 0 Å². The monoisotopic (exact) mass is 247 g/mol. The van der Waals surface area contributed by atoms with Gasteiger partial charge in [0, 0.05) is 0 Å². The van der Waals surface area contributed by atoms with Crippen molar-refractivity contribution in [3.8, 4) is 0 Å². The van der Waals surface area contributed by atoms with Crippen molar-refractivity contribution in [3.05, 3.63) is 34.9 Å². The van der Waals surface area contributed by atoms with E-state index in [4.69, 9.17) is 0 Å². The Labute approximate surface area is 112 Å². The minimum Gasteiger partial charge on any atom is -0.228 e. The van der Waals surface area contributed by atoms with E-state index in [1.807, 2.05) is 6.92 Å². The molecule has 0 saturated heterocycles. The molecule has 0 fully saturated rings. The lowest BCUT2D eigenvalue weighted by Crippen LogP contribution is -2.01. The van der Waals surface area contributed by atoms with Crippen LogP contribution in [-0.2, 0) is 17.9 Å². The quantitative estimate of drug-likeness (QED) is 0.597. The van der Waals surface area contributed by atoms with Crippen molar-refractivity contribution in [2.45, 2.75) is 71.8 Å². The smallest absolute Gasteiger partial charge is 0.118 e. The van der Waals surface area contributed by atoms with Crippen LogP contribution in [0.25, 0.3) is 0 Å². The molecule has 0 aliphatic rings. The molecule has 0 aliphatic carbocycles. The van der Waals surface area contributed by atoms with Gasteiger partial charge in [0.05, 0.1) is 0 Å². The molecule has 0 saturated carbocycles. The van der Waals surface area contributed by atoms with Crippen molar-refractivity contribution in [1.82, 2.24) is 0 Å². The number of benzene rings is 1. The standard InChI is InChI=1S/C17H27O/c1-4-7-9-14-11-12-16(17(18)6-3)15(13-14)10-8-5-2/h11-13,17H,4-10H2,1-3H3. The van der Waals surface area contributed by atoms with Crippen molar-refractivity contribution in [2.75, 3.05) is 0 Å². The number of unbranched alkanes of at least 4 members (excludes halogenated alkanes) is 2. The molecule has 1 nitrogen and oxygen atoms in total. The van der Waals surface area contributed by atoms with Crippen LogP contribution >= 0.6 is 0 Å². The number of hydrogen-bond donors (Lipinski definition) is 0. The van der Waals surface area contributed by atoms with Crippen LogP contribution < -0.4 is 0 Å². The highest BCUT2D eigenvalue weighted by Crippen LogP contribution is 2.24. The van der Waals surface area contributed by atoms with Crippen molar-refractivity contribution < 1.29 is 5.11 Å². The molecule has 1 unspecified atom stereocenters. The Morgan fingerprint density at radius 1 is 1.00 bits per heavy atom. The number of hydrogen-bond acceptors (Lipinski definition) is 0. The minimum absolute atomic E-state index is 0.544. The van der Waals surface area contributed by atoms with Crippen molar-refractivity contribution in [3.63, 3.8) is 0 Å². The molecule has 1 rings (SSSR count). The molecule has 0 heterocycles. The lowest BCUT2D eigenvalue weighted by atomic mass is 9.93. The summed E-state index contributed by atoms with van der Waals surface area (Å²) in [5, 5.41) is 12.0. The fourth-order valence-corrected chi connectivity index (χ4v) is 2.31. The second-order valence-electron chi connectivity index (χ2n) is 5.14. The van der Waals surface area contributed by atoms with Gasteiger partial charge < -0.3 is 0 Å². The first-order chi connectivity index (χ1) is 8.72. The second kappa shape index (κ2) is 8.31. The Morgan fingerprint density at radius 3 is 2.28 bits per heavy atom. The topological polar surface area (TPSA) is 19.9 Å². The van der Waals surface area contributed by atoms with Gasteiger partial charge in [0.25, 0.3) is 0 Å². The lowest BCUT2D eigenvalue weighted by molar-refractivity contribution is 0.0849. The van der Waals surface area contributed by atoms with E-state index in [0.717, 1.165) is 18.4 Å². The summed E-state index contributed by atoms with van der Waals surface area (Å²) >= 11 is 0. The fraction of sp³-hybridized carbons (Fsp3) is 0.647. The molecule has 18 heavy (non-hydrogen) atoms. The van der Waals surface area contributed by atoms with E-state index in [9.17, 15) is 5.11 Å². The molecular formula is C17H27O. The molecular weight excluding hydrogens is 220 g/mol. The molecule has 0 aliphatic heterocycles. The van der Waals surface area contributed by atoms with Gasteiger partial charge >= 0.3 is 0 Å². The van der Waals surface area contributed by atoms with E-state index in [1.165, 1.54) is 36.8 Å². The highest BCUT2D eigenvalue weighted by atomic mass is 16.3. The molecule has 0 bridgehead atoms. The van der Waals surface area contributed by atoms with Crippen LogP contribution in [0.5, 0.6) is 0 Å². The molecule has 1 aromatic rings. The normalized spacial score (nSPS) is 12.7. The SMILES string of the molecule is CCCCc1ccc(C([O])CC)c(CCCC)c1. The fourth-order valence-electron chi connectivity index (χ4n) is 2.31. The van der Waals surface area contributed by atoms with Crippen molar-refractivity contribution in [2.24, 2.45) is 0 Å². The summed E-state index contributed by atoms with van der Waals surface area (Å²) in [5.74, 6) is 0. The molecule has 0 spiro atoms. The van der Waals surface area contributed by atoms with Gasteiger partial charge in [0.1, 0.15) is 6.10 Å². The average Bonchev–Trinajstić information content (AvgIpc) is 2.42. The molecule has 1 radical (unpaired) electrons. The van der Waals surface area contributed by atoms with Crippen LogP contribution in [0.1, 0.15) is 75.7 Å². The molecule has 0 N–H and O–H groups in total. The van der Waals surface area contributed by atoms with Gasteiger partial charge in [0.2, 0.25) is 0 Å². The van der Waals surface area contributed by atoms with Crippen LogP contribution in [0.15, 0.2) is 18.2 Å². The number of rotatable bonds is 8. The van der Waals surface area contributed by atoms with Gasteiger partial charge in [-0.3, -0.25) is 0 Å². The van der Waals surface area contributed by atoms with Gasteiger partial charge in [-0.1, -0.05) is 51.8 Å². The van der Waals surface area contributed by atoms with Gasteiger partial charge in [0.15, 0.2) is 0 Å². The molecule has 1 aromatic carbocycles. The van der Waals surface area contributed by atoms with Crippen molar-refractivity contribution >= 4 is 0 Å².